The molecule has 3 heterocycles. The Labute approximate surface area is 358 Å². The number of hydrogen-bond donors (Lipinski definition) is 4. The summed E-state index contributed by atoms with van der Waals surface area (Å²) in [5.74, 6) is -3.53. The summed E-state index contributed by atoms with van der Waals surface area (Å²) in [4.78, 5) is 69.0. The predicted octanol–water partition coefficient (Wildman–Crippen LogP) is 5.52. The van der Waals surface area contributed by atoms with Crippen LogP contribution in [0.2, 0.25) is 16.6 Å². The van der Waals surface area contributed by atoms with Gasteiger partial charge in [0, 0.05) is 12.8 Å². The zero-order valence-electron chi connectivity index (χ0n) is 36.3. The second kappa shape index (κ2) is 21.1. The highest BCUT2D eigenvalue weighted by Gasteiger charge is 2.45. The minimum absolute atomic E-state index is 0.0130. The first-order chi connectivity index (χ1) is 29.2. The summed E-state index contributed by atoms with van der Waals surface area (Å²) in [6.45, 7) is 13.2. The molecule has 0 spiro atoms. The van der Waals surface area contributed by atoms with Crippen LogP contribution in [0.15, 0.2) is 71.3 Å². The molecule has 0 radical (unpaired) electrons. The lowest BCUT2D eigenvalue weighted by Gasteiger charge is -2.43. The largest absolute Gasteiger partial charge is 0.465 e. The van der Waals surface area contributed by atoms with Gasteiger partial charge in [-0.25, -0.2) is 14.4 Å². The standard InChI is InChI=1S/C44H59N7O9Si/c1-27(2)61(28(3)4,29(5)6)59-26-32-19-20-36-37(42(54)57-7)38(43(55)58-8)39(60-36)41(53)46-33(21-30-15-11-9-12-16-30)24-51-25-34(49-50-51)23-45-40(52)35(48-44(56)47-32)22-31-17-13-10-14-18-31/h9-18,25,27-29,32-33,35H,19-24,26H2,1-8H3,(H,45,52)(H,46,53)(H2,47,48,56)/t32-,33+,35+/m1/s1. The monoisotopic (exact) mass is 857 g/mol. The van der Waals surface area contributed by atoms with Gasteiger partial charge in [0.25, 0.3) is 5.91 Å². The van der Waals surface area contributed by atoms with Crippen LogP contribution < -0.4 is 21.3 Å². The second-order valence-corrected chi connectivity index (χ2v) is 21.8. The maximum atomic E-state index is 14.3. The number of aryl methyl sites for hydroxylation is 1. The van der Waals surface area contributed by atoms with Crippen molar-refractivity contribution in [3.05, 3.63) is 106 Å². The lowest BCUT2D eigenvalue weighted by molar-refractivity contribution is -0.123. The lowest BCUT2D eigenvalue weighted by Crippen LogP contribution is -2.55. The van der Waals surface area contributed by atoms with Gasteiger partial charge in [0.15, 0.2) is 8.32 Å². The maximum Gasteiger partial charge on any atom is 0.342 e. The van der Waals surface area contributed by atoms with Gasteiger partial charge >= 0.3 is 18.0 Å². The average molecular weight is 858 g/mol. The first kappa shape index (κ1) is 46.3. The summed E-state index contributed by atoms with van der Waals surface area (Å²) < 4.78 is 24.9. The zero-order valence-corrected chi connectivity index (χ0v) is 37.3. The molecule has 2 aromatic carbocycles. The number of benzene rings is 2. The molecule has 0 fully saturated rings. The van der Waals surface area contributed by atoms with E-state index in [0.29, 0.717) is 12.1 Å². The minimum atomic E-state index is -2.46. The van der Waals surface area contributed by atoms with Crippen molar-refractivity contribution in [2.45, 2.75) is 115 Å². The van der Waals surface area contributed by atoms with E-state index in [0.717, 1.165) is 25.3 Å². The Bertz CT molecular complexity index is 2100. The zero-order chi connectivity index (χ0) is 44.3. The molecule has 1 aliphatic rings. The van der Waals surface area contributed by atoms with Gasteiger partial charge in [-0.05, 0) is 40.6 Å². The molecule has 0 saturated heterocycles. The normalized spacial score (nSPS) is 18.2. The van der Waals surface area contributed by atoms with Crippen LogP contribution >= 0.6 is 0 Å². The molecule has 4 amide bonds. The van der Waals surface area contributed by atoms with Gasteiger partial charge in [-0.2, -0.15) is 0 Å². The van der Waals surface area contributed by atoms with E-state index in [9.17, 15) is 24.0 Å². The highest BCUT2D eigenvalue weighted by Crippen LogP contribution is 2.42. The molecule has 0 saturated carbocycles. The first-order valence-electron chi connectivity index (χ1n) is 20.7. The van der Waals surface area contributed by atoms with Crippen LogP contribution in [0, 0.1) is 0 Å². The number of nitrogens with zero attached hydrogens (tertiary/aromatic N) is 3. The fraction of sp³-hybridized carbons (Fsp3) is 0.477. The number of carbonyl (C=O) groups excluding carboxylic acids is 5. The molecule has 5 rings (SSSR count). The number of urea groups is 1. The average Bonchev–Trinajstić information content (AvgIpc) is 3.85. The van der Waals surface area contributed by atoms with Gasteiger partial charge in [0.05, 0.1) is 52.2 Å². The molecule has 0 aliphatic carbocycles. The van der Waals surface area contributed by atoms with Crippen molar-refractivity contribution >= 4 is 38.1 Å². The number of carbonyl (C=O) groups is 5. The number of hydrogen-bond acceptors (Lipinski definition) is 11. The molecule has 1 aliphatic heterocycles. The Morgan fingerprint density at radius 1 is 0.803 bits per heavy atom. The van der Waals surface area contributed by atoms with Crippen LogP contribution in [0.1, 0.15) is 102 Å². The Hall–Kier alpha value is -5.81. The summed E-state index contributed by atoms with van der Waals surface area (Å²) in [7, 11) is -0.163. The SMILES string of the molecule is COC(=O)c1c2oc(c1C(=O)OC)C(=O)N[C@@H](Cc1ccccc1)Cn1cc(nn1)CNC(=O)[C@H](Cc1ccccc1)NC(=O)N[C@@H](CO[Si](C(C)C)(C(C)C)C(C)C)CC2. The Morgan fingerprint density at radius 3 is 1.98 bits per heavy atom. The summed E-state index contributed by atoms with van der Waals surface area (Å²) >= 11 is 0. The van der Waals surface area contributed by atoms with Crippen LogP contribution in [0.4, 0.5) is 4.79 Å². The topological polar surface area (TPSA) is 205 Å². The van der Waals surface area contributed by atoms with E-state index in [2.05, 4.69) is 73.1 Å². The van der Waals surface area contributed by atoms with Crippen molar-refractivity contribution in [3.63, 3.8) is 0 Å². The van der Waals surface area contributed by atoms with E-state index in [1.54, 1.807) is 6.20 Å². The van der Waals surface area contributed by atoms with Crippen molar-refractivity contribution in [1.29, 1.82) is 0 Å². The summed E-state index contributed by atoms with van der Waals surface area (Å²) in [6, 6.07) is 15.9. The summed E-state index contributed by atoms with van der Waals surface area (Å²) in [6.07, 6.45) is 2.32. The molecule has 4 bridgehead atoms. The molecule has 2 aromatic heterocycles. The molecule has 4 aromatic rings. The highest BCUT2D eigenvalue weighted by atomic mass is 28.4. The molecule has 4 N–H and O–H groups in total. The van der Waals surface area contributed by atoms with Crippen LogP contribution in [-0.2, 0) is 51.0 Å². The molecular formula is C44H59N7O9Si. The quantitative estimate of drug-likeness (QED) is 0.103. The van der Waals surface area contributed by atoms with E-state index >= 15 is 0 Å². The number of nitrogens with one attached hydrogen (secondary N) is 4. The number of fused-ring (bicyclic) bond motifs is 4. The van der Waals surface area contributed by atoms with E-state index in [1.807, 2.05) is 60.7 Å². The number of furan rings is 1. The van der Waals surface area contributed by atoms with Gasteiger partial charge in [-0.1, -0.05) is 107 Å². The predicted molar refractivity (Wildman–Crippen MR) is 229 cm³/mol. The molecule has 16 nitrogen and oxygen atoms in total. The van der Waals surface area contributed by atoms with Crippen LogP contribution in [-0.4, -0.2) is 92.0 Å². The van der Waals surface area contributed by atoms with Crippen molar-refractivity contribution in [1.82, 2.24) is 36.3 Å². The third-order valence-electron chi connectivity index (χ3n) is 11.3. The van der Waals surface area contributed by atoms with E-state index < -0.39 is 62.0 Å². The highest BCUT2D eigenvalue weighted by molar-refractivity contribution is 6.77. The van der Waals surface area contributed by atoms with E-state index in [4.69, 9.17) is 18.3 Å². The van der Waals surface area contributed by atoms with E-state index in [1.165, 1.54) is 4.68 Å². The number of methoxy groups -OCH3 is 2. The molecule has 0 unspecified atom stereocenters. The Balaban J connectivity index is 1.60. The van der Waals surface area contributed by atoms with Gasteiger partial charge < -0.3 is 39.6 Å². The first-order valence-corrected chi connectivity index (χ1v) is 22.9. The van der Waals surface area contributed by atoms with Crippen LogP contribution in [0.5, 0.6) is 0 Å². The Morgan fingerprint density at radius 2 is 1.39 bits per heavy atom. The molecule has 17 heteroatoms. The number of amides is 4. The van der Waals surface area contributed by atoms with Crippen LogP contribution in [0.25, 0.3) is 0 Å². The minimum Gasteiger partial charge on any atom is -0.465 e. The van der Waals surface area contributed by atoms with E-state index in [-0.39, 0.29) is 72.5 Å². The summed E-state index contributed by atoms with van der Waals surface area (Å²) in [5.41, 5.74) is 2.25. The fourth-order valence-electron chi connectivity index (χ4n) is 8.47. The van der Waals surface area contributed by atoms with Crippen molar-refractivity contribution in [2.75, 3.05) is 20.8 Å². The van der Waals surface area contributed by atoms with Gasteiger partial charge in [-0.3, -0.25) is 14.3 Å². The number of esters is 2. The summed E-state index contributed by atoms with van der Waals surface area (Å²) in [5, 5.41) is 20.3. The number of rotatable bonds is 12. The third kappa shape index (κ3) is 11.5. The smallest absolute Gasteiger partial charge is 0.342 e. The second-order valence-electron chi connectivity index (χ2n) is 16.3. The van der Waals surface area contributed by atoms with Gasteiger partial charge in [-0.15, -0.1) is 5.10 Å². The Kier molecular flexibility index (Phi) is 16.0. The maximum absolute atomic E-state index is 14.3. The molecule has 61 heavy (non-hydrogen) atoms. The molecule has 3 atom stereocenters. The molecular weight excluding hydrogens is 799 g/mol. The third-order valence-corrected chi connectivity index (χ3v) is 17.3. The fourth-order valence-corrected chi connectivity index (χ4v) is 14.0. The van der Waals surface area contributed by atoms with Crippen molar-refractivity contribution in [2.24, 2.45) is 0 Å². The van der Waals surface area contributed by atoms with Crippen molar-refractivity contribution in [3.8, 4) is 0 Å². The number of aromatic nitrogens is 3. The van der Waals surface area contributed by atoms with Crippen molar-refractivity contribution < 1.29 is 42.3 Å². The van der Waals surface area contributed by atoms with Gasteiger partial charge in [0.2, 0.25) is 11.7 Å². The lowest BCUT2D eigenvalue weighted by atomic mass is 10.0. The molecule has 328 valence electrons. The van der Waals surface area contributed by atoms with Gasteiger partial charge in [0.1, 0.15) is 28.6 Å². The van der Waals surface area contributed by atoms with Crippen LogP contribution in [0.3, 0.4) is 0 Å². The number of ether oxygens (including phenoxy) is 2.